The molecule has 0 fully saturated rings. The fourth-order valence-corrected chi connectivity index (χ4v) is 2.64. The van der Waals surface area contributed by atoms with Gasteiger partial charge in [-0.1, -0.05) is 33.6 Å². The first-order valence-corrected chi connectivity index (χ1v) is 8.43. The second-order valence-electron chi connectivity index (χ2n) is 5.45. The van der Waals surface area contributed by atoms with Gasteiger partial charge in [-0.05, 0) is 55.0 Å². The normalized spacial score (nSPS) is 10.8. The number of pyridine rings is 1. The maximum atomic E-state index is 12.2. The van der Waals surface area contributed by atoms with E-state index in [-0.39, 0.29) is 0 Å². The lowest BCUT2D eigenvalue weighted by Crippen LogP contribution is -2.08. The van der Waals surface area contributed by atoms with Crippen molar-refractivity contribution < 1.29 is 9.53 Å². The zero-order valence-corrected chi connectivity index (χ0v) is 15.1. The van der Waals surface area contributed by atoms with Gasteiger partial charge in [0.05, 0.1) is 17.4 Å². The summed E-state index contributed by atoms with van der Waals surface area (Å²) in [5.74, 6) is 0.0563. The highest BCUT2D eigenvalue weighted by atomic mass is 79.9. The molecule has 0 unspecified atom stereocenters. The van der Waals surface area contributed by atoms with Crippen LogP contribution >= 0.6 is 15.9 Å². The lowest BCUT2D eigenvalue weighted by molar-refractivity contribution is 0.0734. The van der Waals surface area contributed by atoms with E-state index in [0.717, 1.165) is 21.3 Å². The van der Waals surface area contributed by atoms with Crippen molar-refractivity contribution in [1.29, 1.82) is 0 Å². The van der Waals surface area contributed by atoms with E-state index >= 15 is 0 Å². The van der Waals surface area contributed by atoms with Crippen molar-refractivity contribution in [2.45, 2.75) is 6.92 Å². The van der Waals surface area contributed by atoms with Crippen LogP contribution in [0.2, 0.25) is 0 Å². The number of carbonyl (C=O) groups is 1. The van der Waals surface area contributed by atoms with E-state index in [1.165, 1.54) is 0 Å². The zero-order chi connectivity index (χ0) is 17.6. The third-order valence-electron chi connectivity index (χ3n) is 3.40. The van der Waals surface area contributed by atoms with E-state index in [9.17, 15) is 4.79 Å². The molecule has 3 rings (SSSR count). The van der Waals surface area contributed by atoms with Crippen LogP contribution in [0.25, 0.3) is 0 Å². The van der Waals surface area contributed by atoms with Gasteiger partial charge in [0, 0.05) is 16.9 Å². The summed E-state index contributed by atoms with van der Waals surface area (Å²) >= 11 is 3.43. The topological polar surface area (TPSA) is 51.5 Å². The Morgan fingerprint density at radius 3 is 2.68 bits per heavy atom. The standard InChI is InChI=1S/C20H15BrN2O2/c1-14-4-6-16(7-5-14)20(24)25-19-10-15(9-17(21)11-19)12-23-18-3-2-8-22-13-18/h2-13H,1H3. The van der Waals surface area contributed by atoms with Crippen LogP contribution in [-0.2, 0) is 0 Å². The number of aliphatic imine (C=N–C) groups is 1. The van der Waals surface area contributed by atoms with Crippen LogP contribution < -0.4 is 4.74 Å². The van der Waals surface area contributed by atoms with Gasteiger partial charge in [-0.3, -0.25) is 9.98 Å². The third-order valence-corrected chi connectivity index (χ3v) is 3.86. The molecule has 0 radical (unpaired) electrons. The molecule has 25 heavy (non-hydrogen) atoms. The smallest absolute Gasteiger partial charge is 0.343 e. The van der Waals surface area contributed by atoms with E-state index in [0.29, 0.717) is 11.3 Å². The first kappa shape index (κ1) is 17.0. The molecule has 4 nitrogen and oxygen atoms in total. The summed E-state index contributed by atoms with van der Waals surface area (Å²) in [4.78, 5) is 20.6. The van der Waals surface area contributed by atoms with Gasteiger partial charge in [-0.25, -0.2) is 4.79 Å². The van der Waals surface area contributed by atoms with Crippen LogP contribution in [0.1, 0.15) is 21.5 Å². The number of hydrogen-bond acceptors (Lipinski definition) is 4. The molecule has 0 bridgehead atoms. The van der Waals surface area contributed by atoms with Gasteiger partial charge < -0.3 is 4.74 Å². The van der Waals surface area contributed by atoms with Crippen molar-refractivity contribution in [2.24, 2.45) is 4.99 Å². The molecule has 1 aromatic heterocycles. The van der Waals surface area contributed by atoms with Crippen LogP contribution in [0.15, 0.2) is 76.5 Å². The maximum absolute atomic E-state index is 12.2. The predicted octanol–water partition coefficient (Wildman–Crippen LogP) is 5.12. The van der Waals surface area contributed by atoms with Gasteiger partial charge in [-0.15, -0.1) is 0 Å². The van der Waals surface area contributed by atoms with Crippen molar-refractivity contribution in [2.75, 3.05) is 0 Å². The molecule has 0 aliphatic carbocycles. The number of hydrogen-bond donors (Lipinski definition) is 0. The SMILES string of the molecule is Cc1ccc(C(=O)Oc2cc(Br)cc(C=Nc3cccnc3)c2)cc1. The summed E-state index contributed by atoms with van der Waals surface area (Å²) in [7, 11) is 0. The highest BCUT2D eigenvalue weighted by molar-refractivity contribution is 9.10. The van der Waals surface area contributed by atoms with Crippen molar-refractivity contribution in [3.05, 3.63) is 88.2 Å². The fraction of sp³-hybridized carbons (Fsp3) is 0.0500. The summed E-state index contributed by atoms with van der Waals surface area (Å²) in [6.45, 7) is 1.97. The number of aromatic nitrogens is 1. The van der Waals surface area contributed by atoms with Gasteiger partial charge in [-0.2, -0.15) is 0 Å². The van der Waals surface area contributed by atoms with E-state index in [1.54, 1.807) is 42.9 Å². The molecule has 0 spiro atoms. The second kappa shape index (κ2) is 7.85. The molecule has 0 aliphatic heterocycles. The summed E-state index contributed by atoms with van der Waals surface area (Å²) in [5.41, 5.74) is 3.16. The number of ether oxygens (including phenoxy) is 1. The molecule has 0 saturated heterocycles. The Kier molecular flexibility index (Phi) is 5.36. The average molecular weight is 395 g/mol. The van der Waals surface area contributed by atoms with Crippen LogP contribution in [-0.4, -0.2) is 17.2 Å². The molecule has 2 aromatic carbocycles. The summed E-state index contributed by atoms with van der Waals surface area (Å²) in [6, 6.07) is 16.3. The number of aryl methyl sites for hydroxylation is 1. The van der Waals surface area contributed by atoms with Gasteiger partial charge in [0.15, 0.2) is 0 Å². The summed E-state index contributed by atoms with van der Waals surface area (Å²) < 4.78 is 6.27. The Morgan fingerprint density at radius 2 is 1.96 bits per heavy atom. The second-order valence-corrected chi connectivity index (χ2v) is 6.36. The average Bonchev–Trinajstić information content (AvgIpc) is 2.61. The molecule has 0 amide bonds. The fourth-order valence-electron chi connectivity index (χ4n) is 2.15. The Morgan fingerprint density at radius 1 is 1.16 bits per heavy atom. The van der Waals surface area contributed by atoms with Crippen molar-refractivity contribution in [3.63, 3.8) is 0 Å². The molecule has 1 heterocycles. The summed E-state index contributed by atoms with van der Waals surface area (Å²) in [5, 5.41) is 0. The van der Waals surface area contributed by atoms with Gasteiger partial charge in [0.2, 0.25) is 0 Å². The number of rotatable bonds is 4. The molecular formula is C20H15BrN2O2. The summed E-state index contributed by atoms with van der Waals surface area (Å²) in [6.07, 6.45) is 5.07. The number of nitrogens with zero attached hydrogens (tertiary/aromatic N) is 2. The van der Waals surface area contributed by atoms with E-state index < -0.39 is 5.97 Å². The molecular weight excluding hydrogens is 380 g/mol. The number of halogens is 1. The number of esters is 1. The van der Waals surface area contributed by atoms with Crippen LogP contribution in [0.5, 0.6) is 5.75 Å². The Balaban J connectivity index is 1.78. The third kappa shape index (κ3) is 4.84. The highest BCUT2D eigenvalue weighted by Crippen LogP contribution is 2.22. The first-order valence-electron chi connectivity index (χ1n) is 7.64. The lowest BCUT2D eigenvalue weighted by Gasteiger charge is -2.06. The minimum absolute atomic E-state index is 0.395. The Bertz CT molecular complexity index is 907. The minimum atomic E-state index is -0.395. The molecule has 0 atom stereocenters. The monoisotopic (exact) mass is 394 g/mol. The van der Waals surface area contributed by atoms with Crippen LogP contribution in [0, 0.1) is 6.92 Å². The highest BCUT2D eigenvalue weighted by Gasteiger charge is 2.09. The van der Waals surface area contributed by atoms with Crippen LogP contribution in [0.4, 0.5) is 5.69 Å². The molecule has 3 aromatic rings. The molecule has 0 aliphatic rings. The molecule has 0 saturated carbocycles. The van der Waals surface area contributed by atoms with E-state index in [4.69, 9.17) is 4.74 Å². The lowest BCUT2D eigenvalue weighted by atomic mass is 10.1. The van der Waals surface area contributed by atoms with Gasteiger partial charge in [0.1, 0.15) is 5.75 Å². The van der Waals surface area contributed by atoms with E-state index in [2.05, 4.69) is 25.9 Å². The van der Waals surface area contributed by atoms with E-state index in [1.807, 2.05) is 37.3 Å². The van der Waals surface area contributed by atoms with Gasteiger partial charge >= 0.3 is 5.97 Å². The molecule has 5 heteroatoms. The zero-order valence-electron chi connectivity index (χ0n) is 13.5. The largest absolute Gasteiger partial charge is 0.423 e. The maximum Gasteiger partial charge on any atom is 0.343 e. The number of carbonyl (C=O) groups excluding carboxylic acids is 1. The van der Waals surface area contributed by atoms with Crippen molar-refractivity contribution in [1.82, 2.24) is 4.98 Å². The van der Waals surface area contributed by atoms with Crippen LogP contribution in [0.3, 0.4) is 0 Å². The minimum Gasteiger partial charge on any atom is -0.423 e. The molecule has 0 N–H and O–H groups in total. The quantitative estimate of drug-likeness (QED) is 0.350. The Labute approximate surface area is 154 Å². The Hall–Kier alpha value is -2.79. The van der Waals surface area contributed by atoms with Gasteiger partial charge in [0.25, 0.3) is 0 Å². The molecule has 124 valence electrons. The predicted molar refractivity (Wildman–Crippen MR) is 102 cm³/mol. The number of benzene rings is 2. The van der Waals surface area contributed by atoms with Crippen molar-refractivity contribution >= 4 is 33.8 Å². The van der Waals surface area contributed by atoms with Crippen molar-refractivity contribution in [3.8, 4) is 5.75 Å². The first-order chi connectivity index (χ1) is 12.1.